The summed E-state index contributed by atoms with van der Waals surface area (Å²) < 4.78 is 21.5. The summed E-state index contributed by atoms with van der Waals surface area (Å²) in [4.78, 5) is 12.4. The van der Waals surface area contributed by atoms with Crippen LogP contribution >= 0.6 is 0 Å². The fraction of sp³-hybridized carbons (Fsp3) is 0.316. The molecule has 1 heterocycles. The highest BCUT2D eigenvalue weighted by Gasteiger charge is 2.24. The van der Waals surface area contributed by atoms with Gasteiger partial charge in [0.2, 0.25) is 0 Å². The number of carbonyl (C=O) groups is 1. The van der Waals surface area contributed by atoms with Crippen molar-refractivity contribution in [3.8, 4) is 23.0 Å². The lowest BCUT2D eigenvalue weighted by Crippen LogP contribution is -2.34. The molecule has 0 spiro atoms. The normalized spacial score (nSPS) is 15.1. The smallest absolute Gasteiger partial charge is 0.251 e. The molecule has 1 atom stereocenters. The highest BCUT2D eigenvalue weighted by Crippen LogP contribution is 2.32. The molecule has 0 fully saturated rings. The maximum Gasteiger partial charge on any atom is 0.251 e. The molecule has 2 aromatic carbocycles. The van der Waals surface area contributed by atoms with Gasteiger partial charge in [-0.05, 0) is 36.4 Å². The molecule has 0 saturated heterocycles. The third-order valence-electron chi connectivity index (χ3n) is 4.14. The summed E-state index contributed by atoms with van der Waals surface area (Å²) in [5.74, 6) is 2.57. The highest BCUT2D eigenvalue weighted by molar-refractivity contribution is 5.94. The molecule has 1 aliphatic heterocycles. The summed E-state index contributed by atoms with van der Waals surface area (Å²) in [5.41, 5.74) is 1.60. The molecule has 1 aliphatic rings. The average Bonchev–Trinajstić information content (AvgIpc) is 3.07. The zero-order valence-electron chi connectivity index (χ0n) is 14.5. The Balaban J connectivity index is 1.60. The topological polar surface area (TPSA) is 66.0 Å². The van der Waals surface area contributed by atoms with E-state index in [-0.39, 0.29) is 12.0 Å². The minimum absolute atomic E-state index is 0.0915. The van der Waals surface area contributed by atoms with E-state index in [4.69, 9.17) is 18.9 Å². The third-order valence-corrected chi connectivity index (χ3v) is 4.14. The second-order valence-corrected chi connectivity index (χ2v) is 5.70. The maximum atomic E-state index is 12.4. The first-order chi connectivity index (χ1) is 12.1. The van der Waals surface area contributed by atoms with E-state index in [2.05, 4.69) is 5.32 Å². The summed E-state index contributed by atoms with van der Waals surface area (Å²) >= 11 is 0. The third kappa shape index (κ3) is 3.63. The molecule has 3 rings (SSSR count). The van der Waals surface area contributed by atoms with Gasteiger partial charge in [-0.2, -0.15) is 0 Å². The van der Waals surface area contributed by atoms with Crippen molar-refractivity contribution in [2.45, 2.75) is 12.5 Å². The number of benzene rings is 2. The van der Waals surface area contributed by atoms with E-state index in [0.717, 1.165) is 23.5 Å². The van der Waals surface area contributed by atoms with E-state index in [9.17, 15) is 4.79 Å². The molecule has 25 heavy (non-hydrogen) atoms. The van der Waals surface area contributed by atoms with Gasteiger partial charge in [0.15, 0.2) is 11.5 Å². The SMILES string of the molecule is COc1ccc2c(c1)CC(CNC(=O)c1ccc(OC)c(OC)c1)O2. The fourth-order valence-electron chi connectivity index (χ4n) is 2.82. The summed E-state index contributed by atoms with van der Waals surface area (Å²) in [6.07, 6.45) is 0.643. The number of nitrogens with one attached hydrogen (secondary N) is 1. The second-order valence-electron chi connectivity index (χ2n) is 5.70. The van der Waals surface area contributed by atoms with Crippen LogP contribution in [0.2, 0.25) is 0 Å². The van der Waals surface area contributed by atoms with Gasteiger partial charge in [0.25, 0.3) is 5.91 Å². The molecule has 0 aromatic heterocycles. The van der Waals surface area contributed by atoms with E-state index < -0.39 is 0 Å². The molecule has 6 nitrogen and oxygen atoms in total. The monoisotopic (exact) mass is 343 g/mol. The predicted molar refractivity (Wildman–Crippen MR) is 93.0 cm³/mol. The quantitative estimate of drug-likeness (QED) is 0.873. The van der Waals surface area contributed by atoms with Crippen LogP contribution in [-0.4, -0.2) is 39.9 Å². The van der Waals surface area contributed by atoms with E-state index in [0.29, 0.717) is 23.6 Å². The standard InChI is InChI=1S/C19H21NO5/c1-22-14-5-7-16-13(8-14)9-15(25-16)11-20-19(21)12-4-6-17(23-2)18(10-12)24-3/h4-8,10,15H,9,11H2,1-3H3,(H,20,21). The summed E-state index contributed by atoms with van der Waals surface area (Å²) in [7, 11) is 4.73. The summed E-state index contributed by atoms with van der Waals surface area (Å²) in [6.45, 7) is 0.421. The maximum absolute atomic E-state index is 12.4. The molecule has 1 unspecified atom stereocenters. The van der Waals surface area contributed by atoms with Crippen LogP contribution in [0.15, 0.2) is 36.4 Å². The number of amides is 1. The Morgan fingerprint density at radius 1 is 1.08 bits per heavy atom. The van der Waals surface area contributed by atoms with Crippen LogP contribution in [0.3, 0.4) is 0 Å². The molecular formula is C19H21NO5. The first-order valence-electron chi connectivity index (χ1n) is 7.98. The second kappa shape index (κ2) is 7.34. The minimum Gasteiger partial charge on any atom is -0.497 e. The molecule has 132 valence electrons. The molecule has 0 radical (unpaired) electrons. The molecule has 6 heteroatoms. The lowest BCUT2D eigenvalue weighted by molar-refractivity contribution is 0.0933. The van der Waals surface area contributed by atoms with E-state index in [1.165, 1.54) is 7.11 Å². The van der Waals surface area contributed by atoms with Crippen molar-refractivity contribution in [2.75, 3.05) is 27.9 Å². The molecule has 1 N–H and O–H groups in total. The van der Waals surface area contributed by atoms with Gasteiger partial charge in [-0.1, -0.05) is 0 Å². The first-order valence-corrected chi connectivity index (χ1v) is 7.98. The number of ether oxygens (including phenoxy) is 4. The van der Waals surface area contributed by atoms with Crippen molar-refractivity contribution in [1.29, 1.82) is 0 Å². The highest BCUT2D eigenvalue weighted by atomic mass is 16.5. The van der Waals surface area contributed by atoms with Crippen LogP contribution in [0.5, 0.6) is 23.0 Å². The van der Waals surface area contributed by atoms with Crippen LogP contribution in [0.4, 0.5) is 0 Å². The van der Waals surface area contributed by atoms with Crippen molar-refractivity contribution in [3.63, 3.8) is 0 Å². The van der Waals surface area contributed by atoms with Crippen LogP contribution in [0.25, 0.3) is 0 Å². The minimum atomic E-state index is -0.182. The Hall–Kier alpha value is -2.89. The molecular weight excluding hydrogens is 322 g/mol. The molecule has 0 bridgehead atoms. The number of rotatable bonds is 6. The van der Waals surface area contributed by atoms with Crippen LogP contribution < -0.4 is 24.3 Å². The summed E-state index contributed by atoms with van der Waals surface area (Å²) in [5, 5.41) is 2.90. The van der Waals surface area contributed by atoms with Crippen molar-refractivity contribution in [1.82, 2.24) is 5.32 Å². The number of carbonyl (C=O) groups excluding carboxylic acids is 1. The predicted octanol–water partition coefficient (Wildman–Crippen LogP) is 2.45. The lowest BCUT2D eigenvalue weighted by atomic mass is 10.1. The van der Waals surface area contributed by atoms with Gasteiger partial charge >= 0.3 is 0 Å². The van der Waals surface area contributed by atoms with Crippen molar-refractivity contribution in [3.05, 3.63) is 47.5 Å². The van der Waals surface area contributed by atoms with Crippen LogP contribution in [0.1, 0.15) is 15.9 Å². The molecule has 0 aliphatic carbocycles. The van der Waals surface area contributed by atoms with Gasteiger partial charge < -0.3 is 24.3 Å². The average molecular weight is 343 g/mol. The zero-order valence-corrected chi connectivity index (χ0v) is 14.5. The fourth-order valence-corrected chi connectivity index (χ4v) is 2.82. The Kier molecular flexibility index (Phi) is 4.97. The largest absolute Gasteiger partial charge is 0.497 e. The Bertz CT molecular complexity index is 774. The molecule has 2 aromatic rings. The van der Waals surface area contributed by atoms with Gasteiger partial charge in [0.05, 0.1) is 27.9 Å². The van der Waals surface area contributed by atoms with Gasteiger partial charge in [-0.25, -0.2) is 0 Å². The van der Waals surface area contributed by atoms with Crippen molar-refractivity contribution < 1.29 is 23.7 Å². The zero-order chi connectivity index (χ0) is 17.8. The van der Waals surface area contributed by atoms with Gasteiger partial charge in [-0.3, -0.25) is 4.79 Å². The lowest BCUT2D eigenvalue weighted by Gasteiger charge is -2.13. The van der Waals surface area contributed by atoms with E-state index in [1.807, 2.05) is 18.2 Å². The molecule has 1 amide bonds. The van der Waals surface area contributed by atoms with E-state index >= 15 is 0 Å². The Morgan fingerprint density at radius 3 is 2.60 bits per heavy atom. The number of fused-ring (bicyclic) bond motifs is 1. The van der Waals surface area contributed by atoms with E-state index in [1.54, 1.807) is 32.4 Å². The number of hydrogen-bond acceptors (Lipinski definition) is 5. The molecule has 0 saturated carbocycles. The van der Waals surface area contributed by atoms with Crippen molar-refractivity contribution in [2.24, 2.45) is 0 Å². The van der Waals surface area contributed by atoms with Gasteiger partial charge in [0, 0.05) is 17.5 Å². The number of methoxy groups -OCH3 is 3. The van der Waals surface area contributed by atoms with Gasteiger partial charge in [0.1, 0.15) is 17.6 Å². The Morgan fingerprint density at radius 2 is 1.88 bits per heavy atom. The number of hydrogen-bond donors (Lipinski definition) is 1. The van der Waals surface area contributed by atoms with Gasteiger partial charge in [-0.15, -0.1) is 0 Å². The first kappa shape index (κ1) is 17.0. The van der Waals surface area contributed by atoms with Crippen LogP contribution in [-0.2, 0) is 6.42 Å². The van der Waals surface area contributed by atoms with Crippen LogP contribution in [0, 0.1) is 0 Å². The van der Waals surface area contributed by atoms with Crippen molar-refractivity contribution >= 4 is 5.91 Å². The summed E-state index contributed by atoms with van der Waals surface area (Å²) in [6, 6.07) is 10.8. The Labute approximate surface area is 146 Å².